The first-order chi connectivity index (χ1) is 7.38. The smallest absolute Gasteiger partial charge is 0.0972 e. The Morgan fingerprint density at radius 1 is 1.20 bits per heavy atom. The van der Waals surface area contributed by atoms with Gasteiger partial charge in [-0.25, -0.2) is 4.98 Å². The molecular weight excluding hydrogens is 270 g/mol. The second-order valence-corrected chi connectivity index (χ2v) is 5.07. The van der Waals surface area contributed by atoms with Crippen molar-refractivity contribution >= 4 is 27.3 Å². The highest BCUT2D eigenvalue weighted by Gasteiger charge is 2.02. The third kappa shape index (κ3) is 3.14. The maximum atomic E-state index is 4.58. The lowest BCUT2D eigenvalue weighted by Crippen LogP contribution is -1.89. The molecule has 0 saturated heterocycles. The molecule has 0 bridgehead atoms. The largest absolute Gasteiger partial charge is 0.246 e. The Hall–Kier alpha value is -0.670. The molecule has 0 aliphatic rings. The van der Waals surface area contributed by atoms with E-state index < -0.39 is 0 Å². The van der Waals surface area contributed by atoms with Gasteiger partial charge in [0, 0.05) is 23.6 Å². The van der Waals surface area contributed by atoms with Crippen LogP contribution in [0.5, 0.6) is 0 Å². The summed E-state index contributed by atoms with van der Waals surface area (Å²) in [6.45, 7) is 0. The van der Waals surface area contributed by atoms with Gasteiger partial charge in [-0.1, -0.05) is 46.3 Å². The second kappa shape index (κ2) is 5.42. The summed E-state index contributed by atoms with van der Waals surface area (Å²) in [5, 5.41) is 4.35. The van der Waals surface area contributed by atoms with Crippen LogP contribution in [0.15, 0.2) is 35.7 Å². The molecule has 0 amide bonds. The monoisotopic (exact) mass is 281 g/mol. The average molecular weight is 282 g/mol. The summed E-state index contributed by atoms with van der Waals surface area (Å²) < 4.78 is 0. The van der Waals surface area contributed by atoms with Crippen molar-refractivity contribution in [2.75, 3.05) is 5.33 Å². The Labute approximate surface area is 102 Å². The van der Waals surface area contributed by atoms with Crippen molar-refractivity contribution in [3.8, 4) is 0 Å². The van der Waals surface area contributed by atoms with E-state index in [-0.39, 0.29) is 0 Å². The number of hydrogen-bond acceptors (Lipinski definition) is 2. The van der Waals surface area contributed by atoms with Gasteiger partial charge in [0.25, 0.3) is 0 Å². The van der Waals surface area contributed by atoms with Crippen LogP contribution in [0.25, 0.3) is 0 Å². The summed E-state index contributed by atoms with van der Waals surface area (Å²) in [7, 11) is 0. The molecule has 0 spiro atoms. The van der Waals surface area contributed by atoms with E-state index in [0.717, 1.165) is 18.2 Å². The zero-order chi connectivity index (χ0) is 10.5. The topological polar surface area (TPSA) is 12.9 Å². The molecule has 1 aromatic carbocycles. The van der Waals surface area contributed by atoms with E-state index in [9.17, 15) is 0 Å². The Balaban J connectivity index is 2.05. The molecule has 0 unspecified atom stereocenters. The maximum absolute atomic E-state index is 4.58. The first-order valence-corrected chi connectivity index (χ1v) is 6.92. The minimum absolute atomic E-state index is 0.952. The number of hydrogen-bond donors (Lipinski definition) is 0. The highest BCUT2D eigenvalue weighted by Crippen LogP contribution is 2.15. The molecule has 0 aliphatic carbocycles. The Morgan fingerprint density at radius 2 is 2.00 bits per heavy atom. The number of halogens is 1. The van der Waals surface area contributed by atoms with E-state index in [2.05, 4.69) is 50.6 Å². The standard InChI is InChI=1S/C12H12BrNS/c13-7-6-11-9-15-12(14-11)8-10-4-2-1-3-5-10/h1-5,9H,6-8H2. The molecule has 0 aliphatic heterocycles. The molecule has 1 nitrogen and oxygen atoms in total. The van der Waals surface area contributed by atoms with Gasteiger partial charge in [0.15, 0.2) is 0 Å². The number of rotatable bonds is 4. The minimum atomic E-state index is 0.952. The van der Waals surface area contributed by atoms with Crippen molar-refractivity contribution < 1.29 is 0 Å². The number of alkyl halides is 1. The lowest BCUT2D eigenvalue weighted by atomic mass is 10.2. The third-order valence-corrected chi connectivity index (χ3v) is 3.44. The van der Waals surface area contributed by atoms with E-state index in [1.54, 1.807) is 11.3 Å². The first kappa shape index (κ1) is 10.8. The zero-order valence-electron chi connectivity index (χ0n) is 8.32. The predicted octanol–water partition coefficient (Wildman–Crippen LogP) is 3.67. The summed E-state index contributed by atoms with van der Waals surface area (Å²) in [6.07, 6.45) is 1.97. The van der Waals surface area contributed by atoms with Gasteiger partial charge in [-0.05, 0) is 5.56 Å². The minimum Gasteiger partial charge on any atom is -0.246 e. The molecule has 1 heterocycles. The zero-order valence-corrected chi connectivity index (χ0v) is 10.7. The third-order valence-electron chi connectivity index (χ3n) is 2.15. The molecular formula is C12H12BrNS. The Kier molecular flexibility index (Phi) is 3.92. The second-order valence-electron chi connectivity index (χ2n) is 3.33. The van der Waals surface area contributed by atoms with Crippen LogP contribution < -0.4 is 0 Å². The molecule has 3 heteroatoms. The van der Waals surface area contributed by atoms with Crippen LogP contribution in [0.4, 0.5) is 0 Å². The van der Waals surface area contributed by atoms with Crippen LogP contribution in [-0.4, -0.2) is 10.3 Å². The van der Waals surface area contributed by atoms with E-state index >= 15 is 0 Å². The van der Waals surface area contributed by atoms with Crippen LogP contribution in [0.2, 0.25) is 0 Å². The van der Waals surface area contributed by atoms with E-state index in [4.69, 9.17) is 0 Å². The molecule has 0 N–H and O–H groups in total. The number of aromatic nitrogens is 1. The normalized spacial score (nSPS) is 10.5. The van der Waals surface area contributed by atoms with Crippen LogP contribution in [-0.2, 0) is 12.8 Å². The number of thiazole rings is 1. The summed E-state index contributed by atoms with van der Waals surface area (Å²) in [5.41, 5.74) is 2.53. The van der Waals surface area contributed by atoms with Gasteiger partial charge in [0.05, 0.1) is 10.7 Å². The highest BCUT2D eigenvalue weighted by molar-refractivity contribution is 9.09. The van der Waals surface area contributed by atoms with Gasteiger partial charge in [-0.3, -0.25) is 0 Å². The van der Waals surface area contributed by atoms with Crippen molar-refractivity contribution in [2.24, 2.45) is 0 Å². The van der Waals surface area contributed by atoms with Crippen LogP contribution in [0.1, 0.15) is 16.3 Å². The fourth-order valence-electron chi connectivity index (χ4n) is 1.41. The van der Waals surface area contributed by atoms with Crippen LogP contribution in [0.3, 0.4) is 0 Å². The molecule has 2 rings (SSSR count). The van der Waals surface area contributed by atoms with Crippen molar-refractivity contribution in [1.29, 1.82) is 0 Å². The quantitative estimate of drug-likeness (QED) is 0.780. The van der Waals surface area contributed by atoms with Crippen molar-refractivity contribution in [3.63, 3.8) is 0 Å². The molecule has 2 aromatic rings. The van der Waals surface area contributed by atoms with Gasteiger partial charge < -0.3 is 0 Å². The summed E-state index contributed by atoms with van der Waals surface area (Å²) in [4.78, 5) is 4.58. The van der Waals surface area contributed by atoms with Gasteiger partial charge >= 0.3 is 0 Å². The van der Waals surface area contributed by atoms with Gasteiger partial charge in [0.2, 0.25) is 0 Å². The molecule has 1 aromatic heterocycles. The molecule has 0 saturated carbocycles. The molecule has 15 heavy (non-hydrogen) atoms. The molecule has 78 valence electrons. The van der Waals surface area contributed by atoms with E-state index in [1.165, 1.54) is 16.3 Å². The van der Waals surface area contributed by atoms with Gasteiger partial charge in [0.1, 0.15) is 0 Å². The predicted molar refractivity (Wildman–Crippen MR) is 68.9 cm³/mol. The van der Waals surface area contributed by atoms with Crippen molar-refractivity contribution in [1.82, 2.24) is 4.98 Å². The Morgan fingerprint density at radius 3 is 2.73 bits per heavy atom. The molecule has 0 radical (unpaired) electrons. The summed E-state index contributed by atoms with van der Waals surface area (Å²) in [5.74, 6) is 0. The lowest BCUT2D eigenvalue weighted by Gasteiger charge is -1.96. The fourth-order valence-corrected chi connectivity index (χ4v) is 2.68. The van der Waals surface area contributed by atoms with Crippen LogP contribution >= 0.6 is 27.3 Å². The van der Waals surface area contributed by atoms with E-state index in [1.807, 2.05) is 6.07 Å². The van der Waals surface area contributed by atoms with Gasteiger partial charge in [-0.15, -0.1) is 11.3 Å². The summed E-state index contributed by atoms with van der Waals surface area (Å²) >= 11 is 5.18. The Bertz CT molecular complexity index is 411. The lowest BCUT2D eigenvalue weighted by molar-refractivity contribution is 1.03. The van der Waals surface area contributed by atoms with Crippen molar-refractivity contribution in [2.45, 2.75) is 12.8 Å². The highest BCUT2D eigenvalue weighted by atomic mass is 79.9. The first-order valence-electron chi connectivity index (χ1n) is 4.91. The average Bonchev–Trinajstić information content (AvgIpc) is 2.68. The number of nitrogens with zero attached hydrogens (tertiary/aromatic N) is 1. The fraction of sp³-hybridized carbons (Fsp3) is 0.250. The summed E-state index contributed by atoms with van der Waals surface area (Å²) in [6, 6.07) is 10.5. The maximum Gasteiger partial charge on any atom is 0.0972 e. The number of aryl methyl sites for hydroxylation is 1. The van der Waals surface area contributed by atoms with Crippen LogP contribution in [0, 0.1) is 0 Å². The molecule has 0 atom stereocenters. The van der Waals surface area contributed by atoms with Crippen molar-refractivity contribution in [3.05, 3.63) is 52.0 Å². The SMILES string of the molecule is BrCCc1csc(Cc2ccccc2)n1. The molecule has 0 fully saturated rings. The van der Waals surface area contributed by atoms with E-state index in [0.29, 0.717) is 0 Å². The van der Waals surface area contributed by atoms with Gasteiger partial charge in [-0.2, -0.15) is 0 Å². The number of benzene rings is 1.